The van der Waals surface area contributed by atoms with E-state index in [9.17, 15) is 14.0 Å². The van der Waals surface area contributed by atoms with Crippen molar-refractivity contribution >= 4 is 45.4 Å². The van der Waals surface area contributed by atoms with E-state index in [1.54, 1.807) is 31.2 Å². The van der Waals surface area contributed by atoms with E-state index in [0.29, 0.717) is 11.1 Å². The maximum absolute atomic E-state index is 13.9. The van der Waals surface area contributed by atoms with Crippen LogP contribution < -0.4 is 5.43 Å². The molecule has 0 radical (unpaired) electrons. The van der Waals surface area contributed by atoms with Crippen molar-refractivity contribution in [1.82, 2.24) is 9.38 Å². The van der Waals surface area contributed by atoms with Crippen LogP contribution in [0.25, 0.3) is 27.8 Å². The summed E-state index contributed by atoms with van der Waals surface area (Å²) >= 11 is 5.79. The molecule has 0 saturated heterocycles. The Bertz CT molecular complexity index is 1230. The second-order valence-electron chi connectivity index (χ2n) is 5.27. The normalized spacial score (nSPS) is 11.5. The number of nitrogens with zero attached hydrogens (tertiary/aromatic N) is 2. The van der Waals surface area contributed by atoms with Crippen LogP contribution in [0.3, 0.4) is 0 Å². The van der Waals surface area contributed by atoms with Crippen molar-refractivity contribution in [2.75, 3.05) is 6.61 Å². The first kappa shape index (κ1) is 15.6. The number of ether oxygens (including phenoxy) is 1. The number of oxazole rings is 1. The molecule has 4 rings (SSSR count). The molecule has 0 aliphatic heterocycles. The fourth-order valence-electron chi connectivity index (χ4n) is 2.77. The molecule has 126 valence electrons. The van der Waals surface area contributed by atoms with Crippen LogP contribution in [0.4, 0.5) is 4.39 Å². The minimum Gasteiger partial charge on any atom is -0.462 e. The van der Waals surface area contributed by atoms with Gasteiger partial charge in [-0.05, 0) is 25.1 Å². The molecular formula is C17H10ClFN2O4. The lowest BCUT2D eigenvalue weighted by molar-refractivity contribution is 0.0525. The number of benzene rings is 1. The second-order valence-corrected chi connectivity index (χ2v) is 5.63. The number of halogens is 2. The molecule has 8 heteroatoms. The van der Waals surface area contributed by atoms with Crippen LogP contribution in [0.5, 0.6) is 0 Å². The molecule has 1 aromatic carbocycles. The number of esters is 1. The molecule has 6 nitrogen and oxygen atoms in total. The highest BCUT2D eigenvalue weighted by molar-refractivity contribution is 6.30. The first-order chi connectivity index (χ1) is 12.0. The van der Waals surface area contributed by atoms with E-state index in [4.69, 9.17) is 20.8 Å². The van der Waals surface area contributed by atoms with Crippen LogP contribution in [0.15, 0.2) is 39.5 Å². The zero-order valence-corrected chi connectivity index (χ0v) is 13.6. The van der Waals surface area contributed by atoms with Crippen molar-refractivity contribution in [3.05, 3.63) is 57.1 Å². The fraction of sp³-hybridized carbons (Fsp3) is 0.118. The number of carbonyl (C=O) groups excluding carboxylic acids is 1. The van der Waals surface area contributed by atoms with E-state index in [1.807, 2.05) is 0 Å². The molecule has 0 spiro atoms. The van der Waals surface area contributed by atoms with Gasteiger partial charge in [0.1, 0.15) is 0 Å². The van der Waals surface area contributed by atoms with E-state index < -0.39 is 17.2 Å². The SMILES string of the molecule is CCOC(=O)c1c(=O)c2cc(F)c(Cl)nc2n2c1oc1ccccc12. The summed E-state index contributed by atoms with van der Waals surface area (Å²) in [5.74, 6) is -1.70. The van der Waals surface area contributed by atoms with Gasteiger partial charge in [0.2, 0.25) is 11.1 Å². The monoisotopic (exact) mass is 360 g/mol. The highest BCUT2D eigenvalue weighted by Crippen LogP contribution is 2.27. The number of para-hydroxylation sites is 2. The highest BCUT2D eigenvalue weighted by atomic mass is 35.5. The Kier molecular flexibility index (Phi) is 3.47. The van der Waals surface area contributed by atoms with Gasteiger partial charge in [-0.25, -0.2) is 14.2 Å². The van der Waals surface area contributed by atoms with Gasteiger partial charge in [-0.15, -0.1) is 0 Å². The molecule has 0 aliphatic carbocycles. The van der Waals surface area contributed by atoms with Gasteiger partial charge in [0, 0.05) is 0 Å². The minimum absolute atomic E-state index is 0.0210. The zero-order valence-electron chi connectivity index (χ0n) is 12.9. The predicted octanol–water partition coefficient (Wildman–Crippen LogP) is 3.56. The first-order valence-corrected chi connectivity index (χ1v) is 7.80. The summed E-state index contributed by atoms with van der Waals surface area (Å²) in [4.78, 5) is 29.1. The van der Waals surface area contributed by atoms with Gasteiger partial charge in [0.05, 0.1) is 17.5 Å². The molecule has 4 aromatic rings. The van der Waals surface area contributed by atoms with Gasteiger partial charge in [-0.3, -0.25) is 9.20 Å². The summed E-state index contributed by atoms with van der Waals surface area (Å²) in [6, 6.07) is 7.87. The van der Waals surface area contributed by atoms with Crippen LogP contribution in [0.1, 0.15) is 17.3 Å². The van der Waals surface area contributed by atoms with Crippen molar-refractivity contribution < 1.29 is 18.3 Å². The molecule has 0 unspecified atom stereocenters. The molecule has 0 saturated carbocycles. The summed E-state index contributed by atoms with van der Waals surface area (Å²) in [6.07, 6.45) is 0. The summed E-state index contributed by atoms with van der Waals surface area (Å²) in [5, 5.41) is -0.469. The maximum atomic E-state index is 13.9. The Balaban J connectivity index is 2.31. The Morgan fingerprint density at radius 2 is 2.16 bits per heavy atom. The van der Waals surface area contributed by atoms with Crippen LogP contribution in [-0.4, -0.2) is 22.0 Å². The molecule has 0 bridgehead atoms. The third-order valence-electron chi connectivity index (χ3n) is 3.81. The molecule has 0 atom stereocenters. The minimum atomic E-state index is -0.853. The van der Waals surface area contributed by atoms with Gasteiger partial charge in [-0.1, -0.05) is 23.7 Å². The lowest BCUT2D eigenvalue weighted by atomic mass is 10.2. The van der Waals surface area contributed by atoms with E-state index in [0.717, 1.165) is 6.07 Å². The van der Waals surface area contributed by atoms with Crippen LogP contribution in [0.2, 0.25) is 5.15 Å². The van der Waals surface area contributed by atoms with E-state index >= 15 is 0 Å². The summed E-state index contributed by atoms with van der Waals surface area (Å²) in [7, 11) is 0. The molecule has 0 aliphatic rings. The quantitative estimate of drug-likeness (QED) is 0.403. The molecule has 0 fully saturated rings. The number of pyridine rings is 2. The third kappa shape index (κ3) is 2.20. The lowest BCUT2D eigenvalue weighted by Gasteiger charge is -2.07. The lowest BCUT2D eigenvalue weighted by Crippen LogP contribution is -2.20. The smallest absolute Gasteiger partial charge is 0.347 e. The average Bonchev–Trinajstić information content (AvgIpc) is 2.96. The van der Waals surface area contributed by atoms with Crippen molar-refractivity contribution in [2.24, 2.45) is 0 Å². The molecule has 25 heavy (non-hydrogen) atoms. The standard InChI is InChI=1S/C17H10ClFN2O4/c1-2-24-17(23)12-13(22)8-7-9(19)14(18)20-15(8)21-10-5-3-4-6-11(10)25-16(12)21/h3-7H,2H2,1H3. The number of fused-ring (bicyclic) bond motifs is 5. The molecular weight excluding hydrogens is 351 g/mol. The van der Waals surface area contributed by atoms with Crippen molar-refractivity contribution in [3.63, 3.8) is 0 Å². The van der Waals surface area contributed by atoms with Crippen molar-refractivity contribution in [2.45, 2.75) is 6.92 Å². The van der Waals surface area contributed by atoms with E-state index in [2.05, 4.69) is 4.98 Å². The highest BCUT2D eigenvalue weighted by Gasteiger charge is 2.25. The number of carbonyl (C=O) groups is 1. The average molecular weight is 361 g/mol. The number of rotatable bonds is 2. The van der Waals surface area contributed by atoms with Crippen LogP contribution in [0, 0.1) is 5.82 Å². The van der Waals surface area contributed by atoms with Gasteiger partial charge in [0.15, 0.2) is 27.8 Å². The van der Waals surface area contributed by atoms with Gasteiger partial charge in [0.25, 0.3) is 0 Å². The third-order valence-corrected chi connectivity index (χ3v) is 4.07. The van der Waals surface area contributed by atoms with Gasteiger partial charge >= 0.3 is 5.97 Å². The second kappa shape index (κ2) is 5.56. The largest absolute Gasteiger partial charge is 0.462 e. The van der Waals surface area contributed by atoms with Crippen molar-refractivity contribution in [1.29, 1.82) is 0 Å². The number of aromatic nitrogens is 2. The van der Waals surface area contributed by atoms with Crippen LogP contribution >= 0.6 is 11.6 Å². The molecule has 3 heterocycles. The van der Waals surface area contributed by atoms with Gasteiger partial charge < -0.3 is 9.15 Å². The Morgan fingerprint density at radius 3 is 2.92 bits per heavy atom. The first-order valence-electron chi connectivity index (χ1n) is 7.42. The van der Waals surface area contributed by atoms with E-state index in [1.165, 1.54) is 4.40 Å². The fourth-order valence-corrected chi connectivity index (χ4v) is 2.91. The Morgan fingerprint density at radius 1 is 1.40 bits per heavy atom. The number of hydrogen-bond acceptors (Lipinski definition) is 5. The topological polar surface area (TPSA) is 73.8 Å². The van der Waals surface area contributed by atoms with Crippen LogP contribution in [-0.2, 0) is 4.74 Å². The Labute approximate surface area is 144 Å². The van der Waals surface area contributed by atoms with Crippen molar-refractivity contribution in [3.8, 4) is 0 Å². The van der Waals surface area contributed by atoms with E-state index in [-0.39, 0.29) is 34.1 Å². The summed E-state index contributed by atoms with van der Waals surface area (Å²) < 4.78 is 26.0. The molecule has 0 N–H and O–H groups in total. The number of hydrogen-bond donors (Lipinski definition) is 0. The Hall–Kier alpha value is -2.93. The summed E-state index contributed by atoms with van der Waals surface area (Å²) in [5.41, 5.74) is 0.0341. The predicted molar refractivity (Wildman–Crippen MR) is 89.7 cm³/mol. The van der Waals surface area contributed by atoms with Gasteiger partial charge in [-0.2, -0.15) is 0 Å². The summed E-state index contributed by atoms with van der Waals surface area (Å²) in [6.45, 7) is 1.70. The zero-order chi connectivity index (χ0) is 17.7. The maximum Gasteiger partial charge on any atom is 0.347 e. The molecule has 0 amide bonds. The molecule has 3 aromatic heterocycles.